The number of halogens is 1. The topological polar surface area (TPSA) is 55.9 Å². The monoisotopic (exact) mass is 484 g/mol. The molecule has 2 saturated heterocycles. The van der Waals surface area contributed by atoms with Crippen molar-refractivity contribution in [3.05, 3.63) is 64.1 Å². The lowest BCUT2D eigenvalue weighted by atomic mass is 10.0. The Bertz CT molecular complexity index is 935. The minimum atomic E-state index is -0.0367. The molecule has 0 aromatic heterocycles. The van der Waals surface area contributed by atoms with Crippen molar-refractivity contribution < 1.29 is 9.59 Å². The number of benzene rings is 2. The van der Waals surface area contributed by atoms with Gasteiger partial charge >= 0.3 is 0 Å². The number of carbonyl (C=O) groups is 2. The number of likely N-dealkylation sites (N-methyl/N-ethyl adjacent to an activating group) is 1. The van der Waals surface area contributed by atoms with Crippen molar-refractivity contribution in [2.45, 2.75) is 18.9 Å². The van der Waals surface area contributed by atoms with Crippen LogP contribution >= 0.6 is 15.9 Å². The Morgan fingerprint density at radius 3 is 2.35 bits per heavy atom. The van der Waals surface area contributed by atoms with Crippen molar-refractivity contribution in [3.63, 3.8) is 0 Å². The summed E-state index contributed by atoms with van der Waals surface area (Å²) in [5.41, 5.74) is 2.45. The van der Waals surface area contributed by atoms with Crippen LogP contribution in [0.15, 0.2) is 53.0 Å². The van der Waals surface area contributed by atoms with Crippen LogP contribution < -0.4 is 10.2 Å². The first-order valence-corrected chi connectivity index (χ1v) is 11.7. The summed E-state index contributed by atoms with van der Waals surface area (Å²) in [7, 11) is 2.09. The highest BCUT2D eigenvalue weighted by atomic mass is 79.9. The van der Waals surface area contributed by atoms with E-state index in [1.54, 1.807) is 0 Å². The van der Waals surface area contributed by atoms with E-state index in [-0.39, 0.29) is 17.9 Å². The van der Waals surface area contributed by atoms with Gasteiger partial charge < -0.3 is 20.0 Å². The van der Waals surface area contributed by atoms with Crippen LogP contribution in [0.25, 0.3) is 0 Å². The molecule has 2 heterocycles. The molecule has 2 aliphatic heterocycles. The molecule has 0 bridgehead atoms. The number of para-hydroxylation sites is 1. The molecule has 0 aliphatic carbocycles. The van der Waals surface area contributed by atoms with Crippen LogP contribution in [0.1, 0.15) is 33.6 Å². The number of hydrogen-bond donors (Lipinski definition) is 1. The van der Waals surface area contributed by atoms with Crippen LogP contribution in [0.4, 0.5) is 5.69 Å². The lowest BCUT2D eigenvalue weighted by molar-refractivity contribution is 0.0664. The Kier molecular flexibility index (Phi) is 6.92. The predicted molar refractivity (Wildman–Crippen MR) is 127 cm³/mol. The van der Waals surface area contributed by atoms with Crippen molar-refractivity contribution in [1.29, 1.82) is 0 Å². The normalized spacial score (nSPS) is 18.1. The molecule has 0 spiro atoms. The Labute approximate surface area is 192 Å². The summed E-state index contributed by atoms with van der Waals surface area (Å²) in [4.78, 5) is 32.2. The molecule has 0 saturated carbocycles. The molecule has 2 aliphatic rings. The summed E-state index contributed by atoms with van der Waals surface area (Å²) in [5.74, 6) is 0.0826. The van der Waals surface area contributed by atoms with Gasteiger partial charge in [0.15, 0.2) is 0 Å². The SMILES string of the molecule is CN1CCN(C(=O)c2ccccc2N2CCC(NC(=O)c3cccc(Br)c3)CC2)CC1. The van der Waals surface area contributed by atoms with E-state index >= 15 is 0 Å². The molecule has 2 aromatic carbocycles. The van der Waals surface area contributed by atoms with E-state index in [0.717, 1.165) is 67.8 Å². The molecular formula is C24H29BrN4O2. The summed E-state index contributed by atoms with van der Waals surface area (Å²) < 4.78 is 0.900. The van der Waals surface area contributed by atoms with Crippen molar-refractivity contribution in [2.24, 2.45) is 0 Å². The molecule has 0 radical (unpaired) electrons. The second-order valence-electron chi connectivity index (χ2n) is 8.36. The highest BCUT2D eigenvalue weighted by Crippen LogP contribution is 2.26. The van der Waals surface area contributed by atoms with Crippen molar-refractivity contribution in [1.82, 2.24) is 15.1 Å². The molecular weight excluding hydrogens is 456 g/mol. The number of nitrogens with zero attached hydrogens (tertiary/aromatic N) is 3. The number of piperidine rings is 1. The largest absolute Gasteiger partial charge is 0.371 e. The van der Waals surface area contributed by atoms with Gasteiger partial charge in [-0.2, -0.15) is 0 Å². The molecule has 6 nitrogen and oxygen atoms in total. The molecule has 2 amide bonds. The van der Waals surface area contributed by atoms with Crippen LogP contribution in [0.5, 0.6) is 0 Å². The number of piperazine rings is 1. The molecule has 31 heavy (non-hydrogen) atoms. The van der Waals surface area contributed by atoms with E-state index < -0.39 is 0 Å². The highest BCUT2D eigenvalue weighted by Gasteiger charge is 2.27. The molecule has 0 atom stereocenters. The van der Waals surface area contributed by atoms with Crippen LogP contribution in [-0.4, -0.2) is 74.0 Å². The number of anilines is 1. The lowest BCUT2D eigenvalue weighted by Gasteiger charge is -2.36. The summed E-state index contributed by atoms with van der Waals surface area (Å²) in [6.45, 7) is 5.00. The average molecular weight is 485 g/mol. The Morgan fingerprint density at radius 2 is 1.65 bits per heavy atom. The number of hydrogen-bond acceptors (Lipinski definition) is 4. The molecule has 7 heteroatoms. The van der Waals surface area contributed by atoms with Crippen molar-refractivity contribution in [2.75, 3.05) is 51.2 Å². The zero-order chi connectivity index (χ0) is 21.8. The van der Waals surface area contributed by atoms with E-state index in [0.29, 0.717) is 5.56 Å². The van der Waals surface area contributed by atoms with E-state index in [1.807, 2.05) is 53.4 Å². The third kappa shape index (κ3) is 5.28. The summed E-state index contributed by atoms with van der Waals surface area (Å²) in [5, 5.41) is 3.16. The second kappa shape index (κ2) is 9.83. The van der Waals surface area contributed by atoms with Gasteiger partial charge in [-0.25, -0.2) is 0 Å². The third-order valence-corrected chi connectivity index (χ3v) is 6.68. The minimum absolute atomic E-state index is 0.0367. The van der Waals surface area contributed by atoms with Gasteiger partial charge in [-0.1, -0.05) is 34.1 Å². The third-order valence-electron chi connectivity index (χ3n) is 6.18. The van der Waals surface area contributed by atoms with Crippen LogP contribution in [0.3, 0.4) is 0 Å². The van der Waals surface area contributed by atoms with E-state index in [9.17, 15) is 9.59 Å². The van der Waals surface area contributed by atoms with Crippen molar-refractivity contribution in [3.8, 4) is 0 Å². The molecule has 164 valence electrons. The average Bonchev–Trinajstić information content (AvgIpc) is 2.80. The van der Waals surface area contributed by atoms with Gasteiger partial charge in [0.2, 0.25) is 0 Å². The number of nitrogens with one attached hydrogen (secondary N) is 1. The quantitative estimate of drug-likeness (QED) is 0.723. The van der Waals surface area contributed by atoms with Crippen LogP contribution in [-0.2, 0) is 0 Å². The summed E-state index contributed by atoms with van der Waals surface area (Å²) in [6, 6.07) is 15.5. The van der Waals surface area contributed by atoms with E-state index in [4.69, 9.17) is 0 Å². The highest BCUT2D eigenvalue weighted by molar-refractivity contribution is 9.10. The maximum absolute atomic E-state index is 13.2. The first-order valence-electron chi connectivity index (χ1n) is 10.9. The van der Waals surface area contributed by atoms with Gasteiger partial charge in [-0.3, -0.25) is 9.59 Å². The van der Waals surface area contributed by atoms with Gasteiger partial charge in [0, 0.05) is 61.0 Å². The fraction of sp³-hybridized carbons (Fsp3) is 0.417. The Morgan fingerprint density at radius 1 is 0.935 bits per heavy atom. The van der Waals surface area contributed by atoms with Crippen LogP contribution in [0, 0.1) is 0 Å². The lowest BCUT2D eigenvalue weighted by Crippen LogP contribution is -2.48. The fourth-order valence-corrected chi connectivity index (χ4v) is 4.67. The first kappa shape index (κ1) is 21.8. The maximum Gasteiger partial charge on any atom is 0.256 e. The van der Waals surface area contributed by atoms with Gasteiger partial charge in [0.25, 0.3) is 11.8 Å². The van der Waals surface area contributed by atoms with Gasteiger partial charge in [0.05, 0.1) is 5.56 Å². The Balaban J connectivity index is 1.38. The molecule has 0 unspecified atom stereocenters. The zero-order valence-corrected chi connectivity index (χ0v) is 19.5. The fourth-order valence-electron chi connectivity index (χ4n) is 4.27. The maximum atomic E-state index is 13.2. The zero-order valence-electron chi connectivity index (χ0n) is 17.9. The molecule has 2 fully saturated rings. The predicted octanol–water partition coefficient (Wildman–Crippen LogP) is 3.24. The molecule has 2 aromatic rings. The minimum Gasteiger partial charge on any atom is -0.371 e. The summed E-state index contributed by atoms with van der Waals surface area (Å²) in [6.07, 6.45) is 1.72. The standard InChI is InChI=1S/C24H29BrN4O2/c1-27-13-15-29(16-14-27)24(31)21-7-2-3-8-22(21)28-11-9-20(10-12-28)26-23(30)18-5-4-6-19(25)17-18/h2-8,17,20H,9-16H2,1H3,(H,26,30). The number of carbonyl (C=O) groups excluding carboxylic acids is 2. The molecule has 4 rings (SSSR count). The van der Waals surface area contributed by atoms with Gasteiger partial charge in [-0.15, -0.1) is 0 Å². The first-order chi connectivity index (χ1) is 15.0. The number of amides is 2. The smallest absolute Gasteiger partial charge is 0.256 e. The van der Waals surface area contributed by atoms with Crippen molar-refractivity contribution >= 4 is 33.4 Å². The summed E-state index contributed by atoms with van der Waals surface area (Å²) >= 11 is 3.42. The van der Waals surface area contributed by atoms with E-state index in [2.05, 4.69) is 38.1 Å². The van der Waals surface area contributed by atoms with E-state index in [1.165, 1.54) is 0 Å². The molecule has 1 N–H and O–H groups in total. The Hall–Kier alpha value is -2.38. The number of rotatable bonds is 4. The van der Waals surface area contributed by atoms with Gasteiger partial charge in [0.1, 0.15) is 0 Å². The van der Waals surface area contributed by atoms with Gasteiger partial charge in [-0.05, 0) is 50.2 Å². The van der Waals surface area contributed by atoms with Crippen LogP contribution in [0.2, 0.25) is 0 Å². The second-order valence-corrected chi connectivity index (χ2v) is 9.27.